The minimum Gasteiger partial charge on any atom is -0.309 e. The lowest BCUT2D eigenvalue weighted by atomic mass is 9.95. The van der Waals surface area contributed by atoms with Gasteiger partial charge in [0.2, 0.25) is 0 Å². The van der Waals surface area contributed by atoms with Gasteiger partial charge in [-0.25, -0.2) is 0 Å². The second kappa shape index (κ2) is 11.8. The number of fused-ring (bicyclic) bond motifs is 10. The normalized spacial score (nSPS) is 12.0. The van der Waals surface area contributed by atoms with Crippen LogP contribution in [0.4, 0.5) is 0 Å². The molecule has 3 heterocycles. The van der Waals surface area contributed by atoms with E-state index in [0.29, 0.717) is 0 Å². The second-order valence-electron chi connectivity index (χ2n) is 14.5. The van der Waals surface area contributed by atoms with E-state index in [1.54, 1.807) is 0 Å². The standard InChI is InChI=1S/C52H32N2S/c1-2-14-36(15-3-1)53-46-21-8-6-17-40(46)43-30-34(24-27-48(43)53)35-25-28-49-44(31-35)41-18-7-9-22-47(41)54(49)37-26-29-50-45(32-37)52-42(20-11-23-51(52)55-50)39-19-10-13-33-12-4-5-16-38(33)39/h1-32H. The van der Waals surface area contributed by atoms with Crippen molar-refractivity contribution in [2.45, 2.75) is 0 Å². The molecule has 2 nitrogen and oxygen atoms in total. The summed E-state index contributed by atoms with van der Waals surface area (Å²) >= 11 is 1.88. The maximum Gasteiger partial charge on any atom is 0.0541 e. The van der Waals surface area contributed by atoms with Gasteiger partial charge in [-0.3, -0.25) is 0 Å². The van der Waals surface area contributed by atoms with Crippen molar-refractivity contribution in [3.05, 3.63) is 194 Å². The van der Waals surface area contributed by atoms with E-state index in [-0.39, 0.29) is 0 Å². The number of thiophene rings is 1. The molecule has 0 N–H and O–H groups in total. The SMILES string of the molecule is c1ccc(-n2c3ccccc3c3cc(-c4ccc5c(c4)c4ccccc4n5-c4ccc5sc6cccc(-c7cccc8ccccc78)c6c5c4)ccc32)cc1. The van der Waals surface area contributed by atoms with Crippen molar-refractivity contribution in [1.29, 1.82) is 0 Å². The van der Waals surface area contributed by atoms with Crippen LogP contribution in [-0.2, 0) is 0 Å². The van der Waals surface area contributed by atoms with Crippen LogP contribution in [0.15, 0.2) is 194 Å². The first kappa shape index (κ1) is 30.5. The van der Waals surface area contributed by atoms with E-state index in [1.165, 1.54) is 108 Å². The van der Waals surface area contributed by atoms with E-state index in [2.05, 4.69) is 203 Å². The number of para-hydroxylation sites is 3. The minimum absolute atomic E-state index is 1.18. The predicted molar refractivity (Wildman–Crippen MR) is 236 cm³/mol. The Labute approximate surface area is 321 Å². The fourth-order valence-electron chi connectivity index (χ4n) is 9.08. The number of nitrogens with zero attached hydrogens (tertiary/aromatic N) is 2. The monoisotopic (exact) mass is 716 g/mol. The lowest BCUT2D eigenvalue weighted by molar-refractivity contribution is 1.18. The third-order valence-corrected chi connectivity index (χ3v) is 12.6. The minimum atomic E-state index is 1.18. The van der Waals surface area contributed by atoms with Gasteiger partial charge in [0, 0.05) is 53.1 Å². The third kappa shape index (κ3) is 4.54. The Bertz CT molecular complexity index is 3480. The molecule has 3 aromatic heterocycles. The molecule has 0 radical (unpaired) electrons. The van der Waals surface area contributed by atoms with Crippen molar-refractivity contribution in [1.82, 2.24) is 9.13 Å². The molecular formula is C52H32N2S. The molecule has 0 aliphatic rings. The van der Waals surface area contributed by atoms with E-state index in [9.17, 15) is 0 Å². The Kier molecular flexibility index (Phi) is 6.54. The van der Waals surface area contributed by atoms with E-state index >= 15 is 0 Å². The number of hydrogen-bond donors (Lipinski definition) is 0. The first-order valence-corrected chi connectivity index (χ1v) is 19.7. The Balaban J connectivity index is 1.04. The number of aromatic nitrogens is 2. The van der Waals surface area contributed by atoms with Gasteiger partial charge in [0.05, 0.1) is 22.1 Å². The molecule has 0 fully saturated rings. The van der Waals surface area contributed by atoms with Gasteiger partial charge in [-0.15, -0.1) is 11.3 Å². The molecule has 0 spiro atoms. The molecule has 0 atom stereocenters. The molecule has 0 aliphatic heterocycles. The van der Waals surface area contributed by atoms with Gasteiger partial charge in [0.25, 0.3) is 0 Å². The predicted octanol–water partition coefficient (Wildman–Crippen LogP) is 14.7. The Morgan fingerprint density at radius 2 is 0.873 bits per heavy atom. The van der Waals surface area contributed by atoms with Crippen molar-refractivity contribution >= 4 is 85.9 Å². The summed E-state index contributed by atoms with van der Waals surface area (Å²) in [6.07, 6.45) is 0. The fraction of sp³-hybridized carbons (Fsp3) is 0. The summed E-state index contributed by atoms with van der Waals surface area (Å²) < 4.78 is 7.45. The molecule has 256 valence electrons. The van der Waals surface area contributed by atoms with Crippen LogP contribution in [0.5, 0.6) is 0 Å². The highest BCUT2D eigenvalue weighted by Gasteiger charge is 2.18. The van der Waals surface area contributed by atoms with Gasteiger partial charge in [-0.1, -0.05) is 121 Å². The highest BCUT2D eigenvalue weighted by molar-refractivity contribution is 7.26. The Morgan fingerprint density at radius 1 is 0.309 bits per heavy atom. The Hall–Kier alpha value is -6.94. The average molecular weight is 717 g/mol. The van der Waals surface area contributed by atoms with E-state index in [4.69, 9.17) is 0 Å². The maximum atomic E-state index is 2.45. The number of benzene rings is 9. The highest BCUT2D eigenvalue weighted by atomic mass is 32.1. The van der Waals surface area contributed by atoms with Crippen LogP contribution >= 0.6 is 11.3 Å². The summed E-state index contributed by atoms with van der Waals surface area (Å²) in [5.41, 5.74) is 12.2. The quantitative estimate of drug-likeness (QED) is 0.172. The van der Waals surface area contributed by atoms with Gasteiger partial charge in [0.1, 0.15) is 0 Å². The zero-order valence-corrected chi connectivity index (χ0v) is 30.6. The molecule has 0 amide bonds. The Morgan fingerprint density at radius 3 is 1.60 bits per heavy atom. The summed E-state index contributed by atoms with van der Waals surface area (Å²) in [7, 11) is 0. The number of hydrogen-bond acceptors (Lipinski definition) is 1. The van der Waals surface area contributed by atoms with Crippen LogP contribution < -0.4 is 0 Å². The molecule has 0 bridgehead atoms. The van der Waals surface area contributed by atoms with Crippen LogP contribution in [0.25, 0.3) is 108 Å². The van der Waals surface area contributed by atoms with Crippen molar-refractivity contribution in [2.75, 3.05) is 0 Å². The largest absolute Gasteiger partial charge is 0.309 e. The fourth-order valence-corrected chi connectivity index (χ4v) is 10.2. The van der Waals surface area contributed by atoms with Crippen LogP contribution in [0, 0.1) is 0 Å². The summed E-state index contributed by atoms with van der Waals surface area (Å²) in [4.78, 5) is 0. The topological polar surface area (TPSA) is 9.86 Å². The van der Waals surface area contributed by atoms with Crippen molar-refractivity contribution < 1.29 is 0 Å². The molecule has 9 aromatic carbocycles. The molecule has 0 saturated heterocycles. The maximum absolute atomic E-state index is 2.45. The van der Waals surface area contributed by atoms with Gasteiger partial charge >= 0.3 is 0 Å². The second-order valence-corrected chi connectivity index (χ2v) is 15.6. The molecule has 0 unspecified atom stereocenters. The van der Waals surface area contributed by atoms with Gasteiger partial charge in [0.15, 0.2) is 0 Å². The smallest absolute Gasteiger partial charge is 0.0541 e. The molecule has 12 aromatic rings. The molecule has 0 saturated carbocycles. The molecule has 12 rings (SSSR count). The van der Waals surface area contributed by atoms with Crippen LogP contribution in [-0.4, -0.2) is 9.13 Å². The first-order chi connectivity index (χ1) is 27.3. The van der Waals surface area contributed by atoms with Crippen LogP contribution in [0.2, 0.25) is 0 Å². The van der Waals surface area contributed by atoms with Crippen molar-refractivity contribution in [3.8, 4) is 33.6 Å². The van der Waals surface area contributed by atoms with E-state index in [0.717, 1.165) is 0 Å². The lowest BCUT2D eigenvalue weighted by Crippen LogP contribution is -1.93. The molecule has 55 heavy (non-hydrogen) atoms. The van der Waals surface area contributed by atoms with Crippen LogP contribution in [0.1, 0.15) is 0 Å². The average Bonchev–Trinajstić information content (AvgIpc) is 3.91. The zero-order chi connectivity index (χ0) is 36.0. The molecular weight excluding hydrogens is 685 g/mol. The van der Waals surface area contributed by atoms with E-state index in [1.807, 2.05) is 11.3 Å². The summed E-state index contributed by atoms with van der Waals surface area (Å²) in [6, 6.07) is 71.4. The van der Waals surface area contributed by atoms with Gasteiger partial charge < -0.3 is 9.13 Å². The lowest BCUT2D eigenvalue weighted by Gasteiger charge is -2.11. The summed E-state index contributed by atoms with van der Waals surface area (Å²) in [5.74, 6) is 0. The van der Waals surface area contributed by atoms with Gasteiger partial charge in [-0.2, -0.15) is 0 Å². The van der Waals surface area contributed by atoms with Crippen molar-refractivity contribution in [3.63, 3.8) is 0 Å². The summed E-state index contributed by atoms with van der Waals surface area (Å²) in [5, 5.41) is 10.2. The van der Waals surface area contributed by atoms with Gasteiger partial charge in [-0.05, 0) is 106 Å². The third-order valence-electron chi connectivity index (χ3n) is 11.5. The highest BCUT2D eigenvalue weighted by Crippen LogP contribution is 2.44. The molecule has 0 aliphatic carbocycles. The van der Waals surface area contributed by atoms with E-state index < -0.39 is 0 Å². The van der Waals surface area contributed by atoms with Crippen molar-refractivity contribution in [2.24, 2.45) is 0 Å². The zero-order valence-electron chi connectivity index (χ0n) is 29.8. The number of rotatable bonds is 4. The van der Waals surface area contributed by atoms with Crippen LogP contribution in [0.3, 0.4) is 0 Å². The molecule has 3 heteroatoms. The summed E-state index contributed by atoms with van der Waals surface area (Å²) in [6.45, 7) is 0. The first-order valence-electron chi connectivity index (χ1n) is 18.8.